The SMILES string of the molecule is CCC(O)(CC)c1ccc(N2CCc3nc(OC)nc(N)c3C2=O)cc1. The van der Waals surface area contributed by atoms with Crippen molar-refractivity contribution in [2.75, 3.05) is 24.3 Å². The van der Waals surface area contributed by atoms with Crippen LogP contribution in [0.25, 0.3) is 0 Å². The van der Waals surface area contributed by atoms with Crippen molar-refractivity contribution in [3.8, 4) is 6.01 Å². The number of hydrogen-bond donors (Lipinski definition) is 2. The van der Waals surface area contributed by atoms with Gasteiger partial charge in [0.05, 0.1) is 18.4 Å². The van der Waals surface area contributed by atoms with Gasteiger partial charge in [0.2, 0.25) is 0 Å². The van der Waals surface area contributed by atoms with Crippen molar-refractivity contribution in [3.63, 3.8) is 0 Å². The summed E-state index contributed by atoms with van der Waals surface area (Å²) in [6.07, 6.45) is 1.84. The molecule has 0 radical (unpaired) electrons. The van der Waals surface area contributed by atoms with Gasteiger partial charge in [-0.2, -0.15) is 9.97 Å². The lowest BCUT2D eigenvalue weighted by molar-refractivity contribution is 0.0284. The van der Waals surface area contributed by atoms with Gasteiger partial charge < -0.3 is 20.5 Å². The summed E-state index contributed by atoms with van der Waals surface area (Å²) in [5, 5.41) is 10.6. The first-order chi connectivity index (χ1) is 12.4. The number of amides is 1. The Morgan fingerprint density at radius 1 is 1.23 bits per heavy atom. The maximum Gasteiger partial charge on any atom is 0.318 e. The highest BCUT2D eigenvalue weighted by molar-refractivity contribution is 6.10. The Kier molecular flexibility index (Phi) is 4.82. The molecule has 3 rings (SSSR count). The Labute approximate surface area is 152 Å². The van der Waals surface area contributed by atoms with Crippen molar-refractivity contribution in [2.24, 2.45) is 0 Å². The van der Waals surface area contributed by atoms with Gasteiger partial charge in [-0.25, -0.2) is 0 Å². The lowest BCUT2D eigenvalue weighted by atomic mass is 9.88. The number of fused-ring (bicyclic) bond motifs is 1. The number of hydrogen-bond acceptors (Lipinski definition) is 6. The average Bonchev–Trinajstić information content (AvgIpc) is 2.67. The lowest BCUT2D eigenvalue weighted by Gasteiger charge is -2.30. The zero-order chi connectivity index (χ0) is 18.9. The molecule has 0 saturated heterocycles. The second kappa shape index (κ2) is 6.92. The highest BCUT2D eigenvalue weighted by Gasteiger charge is 2.31. The van der Waals surface area contributed by atoms with Crippen LogP contribution >= 0.6 is 0 Å². The van der Waals surface area contributed by atoms with E-state index in [2.05, 4.69) is 9.97 Å². The lowest BCUT2D eigenvalue weighted by Crippen LogP contribution is -2.39. The van der Waals surface area contributed by atoms with Gasteiger partial charge in [-0.05, 0) is 30.5 Å². The van der Waals surface area contributed by atoms with E-state index in [1.165, 1.54) is 7.11 Å². The first-order valence-corrected chi connectivity index (χ1v) is 8.78. The molecular formula is C19H24N4O3. The van der Waals surface area contributed by atoms with Crippen LogP contribution in [0, 0.1) is 0 Å². The number of nitrogen functional groups attached to an aromatic ring is 1. The molecular weight excluding hydrogens is 332 g/mol. The summed E-state index contributed by atoms with van der Waals surface area (Å²) in [7, 11) is 1.47. The van der Waals surface area contributed by atoms with E-state index in [0.29, 0.717) is 37.1 Å². The van der Waals surface area contributed by atoms with E-state index >= 15 is 0 Å². The molecule has 0 atom stereocenters. The Bertz CT molecular complexity index is 816. The fourth-order valence-corrected chi connectivity index (χ4v) is 3.32. The van der Waals surface area contributed by atoms with E-state index in [4.69, 9.17) is 10.5 Å². The molecule has 0 saturated carbocycles. The molecule has 1 aromatic carbocycles. The smallest absolute Gasteiger partial charge is 0.318 e. The monoisotopic (exact) mass is 356 g/mol. The molecule has 1 amide bonds. The molecule has 0 aliphatic carbocycles. The third kappa shape index (κ3) is 2.99. The fourth-order valence-electron chi connectivity index (χ4n) is 3.32. The quantitative estimate of drug-likeness (QED) is 0.852. The van der Waals surface area contributed by atoms with Crippen LogP contribution in [0.5, 0.6) is 6.01 Å². The van der Waals surface area contributed by atoms with Crippen molar-refractivity contribution in [2.45, 2.75) is 38.7 Å². The molecule has 7 heteroatoms. The summed E-state index contributed by atoms with van der Waals surface area (Å²) in [5.74, 6) is -0.0927. The van der Waals surface area contributed by atoms with Gasteiger partial charge in [0.25, 0.3) is 5.91 Å². The third-order valence-corrected chi connectivity index (χ3v) is 5.09. The summed E-state index contributed by atoms with van der Waals surface area (Å²) in [5.41, 5.74) is 7.66. The molecule has 2 aromatic rings. The van der Waals surface area contributed by atoms with Gasteiger partial charge in [0.15, 0.2) is 0 Å². The molecule has 1 aromatic heterocycles. The van der Waals surface area contributed by atoms with E-state index in [-0.39, 0.29) is 17.7 Å². The summed E-state index contributed by atoms with van der Waals surface area (Å²) in [6, 6.07) is 7.63. The van der Waals surface area contributed by atoms with Crippen molar-refractivity contribution in [1.29, 1.82) is 0 Å². The van der Waals surface area contributed by atoms with Crippen molar-refractivity contribution >= 4 is 17.4 Å². The maximum atomic E-state index is 12.9. The van der Waals surface area contributed by atoms with Crippen molar-refractivity contribution in [3.05, 3.63) is 41.1 Å². The number of methoxy groups -OCH3 is 1. The maximum absolute atomic E-state index is 12.9. The molecule has 3 N–H and O–H groups in total. The number of anilines is 2. The number of benzene rings is 1. The molecule has 0 spiro atoms. The number of aromatic nitrogens is 2. The van der Waals surface area contributed by atoms with Gasteiger partial charge in [0.1, 0.15) is 11.4 Å². The fraction of sp³-hybridized carbons (Fsp3) is 0.421. The Morgan fingerprint density at radius 3 is 2.46 bits per heavy atom. The molecule has 1 aliphatic rings. The number of rotatable bonds is 5. The Morgan fingerprint density at radius 2 is 1.88 bits per heavy atom. The van der Waals surface area contributed by atoms with Gasteiger partial charge in [-0.3, -0.25) is 4.79 Å². The number of carbonyl (C=O) groups is 1. The normalized spacial score (nSPS) is 14.3. The summed E-state index contributed by atoms with van der Waals surface area (Å²) in [4.78, 5) is 22.8. The van der Waals surface area contributed by atoms with Crippen LogP contribution in [0.1, 0.15) is 48.3 Å². The zero-order valence-electron chi connectivity index (χ0n) is 15.3. The second-order valence-corrected chi connectivity index (χ2v) is 6.41. The minimum Gasteiger partial charge on any atom is -0.467 e. The third-order valence-electron chi connectivity index (χ3n) is 5.09. The first-order valence-electron chi connectivity index (χ1n) is 8.78. The predicted octanol–water partition coefficient (Wildman–Crippen LogP) is 2.28. The van der Waals surface area contributed by atoms with Crippen LogP contribution in [-0.4, -0.2) is 34.6 Å². The van der Waals surface area contributed by atoms with E-state index in [0.717, 1.165) is 11.3 Å². The second-order valence-electron chi connectivity index (χ2n) is 6.41. The number of nitrogens with two attached hydrogens (primary N) is 1. The van der Waals surface area contributed by atoms with E-state index < -0.39 is 5.60 Å². The zero-order valence-corrected chi connectivity index (χ0v) is 15.3. The van der Waals surface area contributed by atoms with Crippen LogP contribution in [0.2, 0.25) is 0 Å². The van der Waals surface area contributed by atoms with E-state index in [1.54, 1.807) is 4.90 Å². The highest BCUT2D eigenvalue weighted by Crippen LogP contribution is 2.32. The van der Waals surface area contributed by atoms with E-state index in [9.17, 15) is 9.90 Å². The first kappa shape index (κ1) is 18.1. The highest BCUT2D eigenvalue weighted by atomic mass is 16.5. The van der Waals surface area contributed by atoms with Gasteiger partial charge in [-0.1, -0.05) is 26.0 Å². The summed E-state index contributed by atoms with van der Waals surface area (Å²) < 4.78 is 5.02. The molecule has 0 fully saturated rings. The molecule has 7 nitrogen and oxygen atoms in total. The number of carbonyl (C=O) groups excluding carboxylic acids is 1. The molecule has 2 heterocycles. The number of aliphatic hydroxyl groups is 1. The van der Waals surface area contributed by atoms with Gasteiger partial charge >= 0.3 is 6.01 Å². The molecule has 138 valence electrons. The topological polar surface area (TPSA) is 102 Å². The van der Waals surface area contributed by atoms with E-state index in [1.807, 2.05) is 38.1 Å². The predicted molar refractivity (Wildman–Crippen MR) is 99.3 cm³/mol. The van der Waals surface area contributed by atoms with Gasteiger partial charge in [-0.15, -0.1) is 0 Å². The van der Waals surface area contributed by atoms with Crippen molar-refractivity contribution < 1.29 is 14.6 Å². The summed E-state index contributed by atoms with van der Waals surface area (Å²) >= 11 is 0. The number of ether oxygens (including phenoxy) is 1. The van der Waals surface area contributed by atoms with Crippen LogP contribution in [0.15, 0.2) is 24.3 Å². The minimum atomic E-state index is -0.841. The Hall–Kier alpha value is -2.67. The molecule has 0 bridgehead atoms. The molecule has 1 aliphatic heterocycles. The van der Waals surface area contributed by atoms with Crippen LogP contribution in [0.3, 0.4) is 0 Å². The largest absolute Gasteiger partial charge is 0.467 e. The minimum absolute atomic E-state index is 0.129. The van der Waals surface area contributed by atoms with Crippen LogP contribution in [0.4, 0.5) is 11.5 Å². The standard InChI is InChI=1S/C19H24N4O3/c1-4-19(25,5-2)12-6-8-13(9-7-12)23-11-10-14-15(17(23)24)16(20)22-18(21-14)26-3/h6-9,25H,4-5,10-11H2,1-3H3,(H2,20,21,22). The number of nitrogens with zero attached hydrogens (tertiary/aromatic N) is 3. The Balaban J connectivity index is 1.91. The van der Waals surface area contributed by atoms with Crippen LogP contribution < -0.4 is 15.4 Å². The van der Waals surface area contributed by atoms with Crippen molar-refractivity contribution in [1.82, 2.24) is 9.97 Å². The molecule has 26 heavy (non-hydrogen) atoms. The van der Waals surface area contributed by atoms with Crippen LogP contribution in [-0.2, 0) is 12.0 Å². The van der Waals surface area contributed by atoms with Gasteiger partial charge in [0, 0.05) is 18.7 Å². The summed E-state index contributed by atoms with van der Waals surface area (Å²) in [6.45, 7) is 4.41. The average molecular weight is 356 g/mol. The molecule has 0 unspecified atom stereocenters.